The Bertz CT molecular complexity index is 1350. The number of carbonyl (C=O) groups excluding carboxylic acids is 1. The van der Waals surface area contributed by atoms with Crippen molar-refractivity contribution in [2.75, 3.05) is 22.5 Å². The number of thiocarbonyl (C=S) groups is 1. The fourth-order valence-corrected chi connectivity index (χ4v) is 6.74. The molecule has 0 fully saturated rings. The molecule has 0 saturated heterocycles. The largest absolute Gasteiger partial charge is 0.465 e. The molecule has 0 radical (unpaired) electrons. The minimum atomic E-state index is -3.76. The lowest BCUT2D eigenvalue weighted by Crippen LogP contribution is -2.20. The number of esters is 1. The third-order valence-electron chi connectivity index (χ3n) is 5.65. The van der Waals surface area contributed by atoms with Gasteiger partial charge in [0.05, 0.1) is 17.6 Å². The predicted octanol–water partition coefficient (Wildman–Crippen LogP) is 5.92. The van der Waals surface area contributed by atoms with Gasteiger partial charge in [0.15, 0.2) is 5.11 Å². The lowest BCUT2D eigenvalue weighted by Gasteiger charge is -2.18. The molecule has 7 nitrogen and oxygen atoms in total. The van der Waals surface area contributed by atoms with Gasteiger partial charge in [0.2, 0.25) is 0 Å². The van der Waals surface area contributed by atoms with Crippen LogP contribution < -0.4 is 15.4 Å². The van der Waals surface area contributed by atoms with Crippen LogP contribution in [-0.4, -0.2) is 26.6 Å². The van der Waals surface area contributed by atoms with Gasteiger partial charge in [-0.15, -0.1) is 11.3 Å². The number of nitrogens with one attached hydrogen (secondary N) is 3. The topological polar surface area (TPSA) is 96.5 Å². The van der Waals surface area contributed by atoms with E-state index in [1.807, 2.05) is 0 Å². The molecule has 0 unspecified atom stereocenters. The summed E-state index contributed by atoms with van der Waals surface area (Å²) < 4.78 is 32.9. The molecule has 1 aromatic heterocycles. The summed E-state index contributed by atoms with van der Waals surface area (Å²) in [6.45, 7) is 2.20. The monoisotopic (exact) mass is 549 g/mol. The Hall–Kier alpha value is -2.66. The van der Waals surface area contributed by atoms with Gasteiger partial charge in [0, 0.05) is 21.3 Å². The third-order valence-corrected chi connectivity index (χ3v) is 8.67. The minimum Gasteiger partial charge on any atom is -0.465 e. The highest BCUT2D eigenvalue weighted by atomic mass is 35.5. The van der Waals surface area contributed by atoms with E-state index in [0.717, 1.165) is 24.8 Å². The number of hydrogen-bond acceptors (Lipinski definition) is 6. The summed E-state index contributed by atoms with van der Waals surface area (Å²) in [6, 6.07) is 12.6. The van der Waals surface area contributed by atoms with Crippen molar-refractivity contribution in [2.24, 2.45) is 5.92 Å². The molecule has 11 heteroatoms. The molecule has 0 bridgehead atoms. The van der Waals surface area contributed by atoms with Gasteiger partial charge >= 0.3 is 5.97 Å². The Morgan fingerprint density at radius 3 is 2.40 bits per heavy atom. The number of rotatable bonds is 6. The smallest absolute Gasteiger partial charge is 0.341 e. The number of benzene rings is 2. The van der Waals surface area contributed by atoms with E-state index < -0.39 is 10.0 Å². The van der Waals surface area contributed by atoms with E-state index in [9.17, 15) is 13.2 Å². The van der Waals surface area contributed by atoms with E-state index in [1.54, 1.807) is 36.4 Å². The average Bonchev–Trinajstić information content (AvgIpc) is 3.16. The van der Waals surface area contributed by atoms with E-state index in [0.29, 0.717) is 32.9 Å². The second-order valence-corrected chi connectivity index (χ2v) is 11.9. The third kappa shape index (κ3) is 5.95. The molecule has 1 aliphatic carbocycles. The van der Waals surface area contributed by atoms with Gasteiger partial charge in [0.1, 0.15) is 5.00 Å². The fraction of sp³-hybridized carbons (Fsp3) is 0.250. The van der Waals surface area contributed by atoms with Crippen LogP contribution in [0.3, 0.4) is 0 Å². The number of sulfonamides is 1. The van der Waals surface area contributed by atoms with Crippen molar-refractivity contribution >= 4 is 72.6 Å². The van der Waals surface area contributed by atoms with Gasteiger partial charge in [-0.3, -0.25) is 4.72 Å². The minimum absolute atomic E-state index is 0.102. The Morgan fingerprint density at radius 1 is 1.09 bits per heavy atom. The zero-order valence-corrected chi connectivity index (χ0v) is 22.3. The first kappa shape index (κ1) is 25.4. The summed E-state index contributed by atoms with van der Waals surface area (Å²) in [6.07, 6.45) is 2.78. The summed E-state index contributed by atoms with van der Waals surface area (Å²) in [5, 5.41) is 7.63. The molecule has 1 heterocycles. The first-order chi connectivity index (χ1) is 16.7. The van der Waals surface area contributed by atoms with Crippen LogP contribution in [0.1, 0.15) is 34.1 Å². The summed E-state index contributed by atoms with van der Waals surface area (Å²) in [5.74, 6) is 0.179. The molecule has 4 rings (SSSR count). The van der Waals surface area contributed by atoms with E-state index in [4.69, 9.17) is 28.6 Å². The standard InChI is InChI=1S/C24H24ClN3O4S3/c1-14-3-12-19-20(13-14)34-22(21(19)23(29)32-2)27-24(33)26-16-8-10-18(11-9-16)35(30,31)28-17-6-4-15(25)5-7-17/h4-11,14,28H,3,12-13H2,1-2H3,(H2,26,27,33)/t14-/m1/s1. The molecule has 3 aromatic rings. The van der Waals surface area contributed by atoms with Crippen LogP contribution in [0.2, 0.25) is 5.02 Å². The molecule has 0 saturated carbocycles. The summed E-state index contributed by atoms with van der Waals surface area (Å²) >= 11 is 12.8. The van der Waals surface area contributed by atoms with Gasteiger partial charge in [-0.2, -0.15) is 0 Å². The van der Waals surface area contributed by atoms with Gasteiger partial charge in [-0.05, 0) is 91.5 Å². The maximum atomic E-state index is 12.7. The van der Waals surface area contributed by atoms with Crippen LogP contribution in [0.25, 0.3) is 0 Å². The highest BCUT2D eigenvalue weighted by Crippen LogP contribution is 2.40. The lowest BCUT2D eigenvalue weighted by atomic mass is 9.88. The maximum Gasteiger partial charge on any atom is 0.341 e. The Morgan fingerprint density at radius 2 is 1.74 bits per heavy atom. The van der Waals surface area contributed by atoms with E-state index in [-0.39, 0.29) is 16.0 Å². The number of halogens is 1. The Balaban J connectivity index is 1.45. The second kappa shape index (κ2) is 10.5. The lowest BCUT2D eigenvalue weighted by molar-refractivity contribution is 0.0601. The van der Waals surface area contributed by atoms with Crippen LogP contribution in [0.4, 0.5) is 16.4 Å². The zero-order valence-electron chi connectivity index (χ0n) is 19.1. The van der Waals surface area contributed by atoms with Crippen molar-refractivity contribution < 1.29 is 17.9 Å². The predicted molar refractivity (Wildman–Crippen MR) is 145 cm³/mol. The highest BCUT2D eigenvalue weighted by molar-refractivity contribution is 7.92. The van der Waals surface area contributed by atoms with Crippen LogP contribution in [0.5, 0.6) is 0 Å². The molecule has 0 spiro atoms. The number of fused-ring (bicyclic) bond motifs is 1. The van der Waals surface area contributed by atoms with Crippen LogP contribution in [-0.2, 0) is 27.6 Å². The number of carbonyl (C=O) groups is 1. The molecule has 35 heavy (non-hydrogen) atoms. The van der Waals surface area contributed by atoms with Gasteiger partial charge < -0.3 is 15.4 Å². The molecule has 0 amide bonds. The molecular weight excluding hydrogens is 526 g/mol. The Kier molecular flexibility index (Phi) is 7.65. The van der Waals surface area contributed by atoms with Gasteiger partial charge in [0.25, 0.3) is 10.0 Å². The number of methoxy groups -OCH3 is 1. The zero-order chi connectivity index (χ0) is 25.2. The number of thiophene rings is 1. The van der Waals surface area contributed by atoms with Crippen LogP contribution >= 0.6 is 35.2 Å². The molecule has 1 aliphatic rings. The molecular formula is C24H24ClN3O4S3. The number of anilines is 3. The second-order valence-electron chi connectivity index (χ2n) is 8.26. The van der Waals surface area contributed by atoms with Crippen molar-refractivity contribution in [1.82, 2.24) is 0 Å². The fourth-order valence-electron chi connectivity index (χ4n) is 3.87. The molecule has 2 aromatic carbocycles. The van der Waals surface area contributed by atoms with Crippen molar-refractivity contribution in [3.05, 3.63) is 69.6 Å². The average molecular weight is 550 g/mol. The highest BCUT2D eigenvalue weighted by Gasteiger charge is 2.28. The summed E-state index contributed by atoms with van der Waals surface area (Å²) in [5.41, 5.74) is 2.59. The SMILES string of the molecule is COC(=O)c1c(NC(=S)Nc2ccc(S(=O)(=O)Nc3ccc(Cl)cc3)cc2)sc2c1CC[C@@H](C)C2. The van der Waals surface area contributed by atoms with Crippen molar-refractivity contribution in [2.45, 2.75) is 31.1 Å². The van der Waals surface area contributed by atoms with E-state index >= 15 is 0 Å². The molecule has 1 atom stereocenters. The molecule has 184 valence electrons. The van der Waals surface area contributed by atoms with Crippen molar-refractivity contribution in [3.63, 3.8) is 0 Å². The normalized spacial score (nSPS) is 15.1. The van der Waals surface area contributed by atoms with Gasteiger partial charge in [-0.1, -0.05) is 18.5 Å². The van der Waals surface area contributed by atoms with E-state index in [1.165, 1.54) is 35.5 Å². The van der Waals surface area contributed by atoms with E-state index in [2.05, 4.69) is 22.3 Å². The van der Waals surface area contributed by atoms with Crippen molar-refractivity contribution in [3.8, 4) is 0 Å². The number of hydrogen-bond donors (Lipinski definition) is 3. The number of ether oxygens (including phenoxy) is 1. The Labute approximate surface area is 218 Å². The quantitative estimate of drug-likeness (QED) is 0.259. The first-order valence-corrected chi connectivity index (χ1v) is 13.9. The summed E-state index contributed by atoms with van der Waals surface area (Å²) in [4.78, 5) is 13.8. The van der Waals surface area contributed by atoms with Crippen molar-refractivity contribution in [1.29, 1.82) is 0 Å². The van der Waals surface area contributed by atoms with Crippen LogP contribution in [0, 0.1) is 5.92 Å². The molecule has 0 aliphatic heterocycles. The van der Waals surface area contributed by atoms with Gasteiger partial charge in [-0.25, -0.2) is 13.2 Å². The molecule has 3 N–H and O–H groups in total. The maximum absolute atomic E-state index is 12.7. The summed E-state index contributed by atoms with van der Waals surface area (Å²) in [7, 11) is -2.39. The first-order valence-electron chi connectivity index (χ1n) is 10.9. The van der Waals surface area contributed by atoms with Crippen LogP contribution in [0.15, 0.2) is 53.4 Å².